The van der Waals surface area contributed by atoms with Crippen molar-refractivity contribution in [3.05, 3.63) is 35.9 Å². The summed E-state index contributed by atoms with van der Waals surface area (Å²) in [7, 11) is 6.29. The molecule has 0 saturated carbocycles. The van der Waals surface area contributed by atoms with Crippen LogP contribution < -0.4 is 0 Å². The minimum atomic E-state index is -1.04. The second-order valence-electron chi connectivity index (χ2n) is 16.5. The van der Waals surface area contributed by atoms with Crippen molar-refractivity contribution >= 4 is 35.4 Å². The Hall–Kier alpha value is -3.84. The molecular formula is C44H71N3O10. The van der Waals surface area contributed by atoms with Crippen LogP contribution >= 0.6 is 0 Å². The van der Waals surface area contributed by atoms with Crippen LogP contribution in [0.2, 0.25) is 0 Å². The number of carboxylic acids is 1. The van der Waals surface area contributed by atoms with Gasteiger partial charge < -0.3 is 34.0 Å². The van der Waals surface area contributed by atoms with Gasteiger partial charge in [-0.3, -0.25) is 24.0 Å². The van der Waals surface area contributed by atoms with Crippen LogP contribution in [0.1, 0.15) is 99.5 Å². The highest BCUT2D eigenvalue weighted by atomic mass is 16.6. The lowest BCUT2D eigenvalue weighted by Crippen LogP contribution is -2.54. The van der Waals surface area contributed by atoms with E-state index in [1.54, 1.807) is 30.7 Å². The third kappa shape index (κ3) is 13.3. The molecule has 0 spiro atoms. The second kappa shape index (κ2) is 23.5. The summed E-state index contributed by atoms with van der Waals surface area (Å²) in [4.78, 5) is 85.6. The van der Waals surface area contributed by atoms with Crippen molar-refractivity contribution in [2.45, 2.75) is 131 Å². The molecule has 1 fully saturated rings. The number of amides is 3. The first kappa shape index (κ1) is 49.3. The van der Waals surface area contributed by atoms with Crippen LogP contribution in [0.3, 0.4) is 0 Å². The molecule has 1 heterocycles. The number of nitrogens with zero attached hydrogens (tertiary/aromatic N) is 3. The van der Waals surface area contributed by atoms with Crippen molar-refractivity contribution < 1.29 is 48.1 Å². The molecule has 2 rings (SSSR count). The molecule has 1 aliphatic heterocycles. The van der Waals surface area contributed by atoms with E-state index >= 15 is 0 Å². The monoisotopic (exact) mass is 802 g/mol. The molecule has 1 aromatic carbocycles. The fourth-order valence-corrected chi connectivity index (χ4v) is 8.50. The number of ether oxygens (including phenoxy) is 3. The Bertz CT molecular complexity index is 1470. The molecule has 0 bridgehead atoms. The molecular weight excluding hydrogens is 730 g/mol. The van der Waals surface area contributed by atoms with E-state index in [0.717, 1.165) is 5.56 Å². The minimum Gasteiger partial charge on any atom is -0.481 e. The van der Waals surface area contributed by atoms with E-state index in [1.165, 1.54) is 26.2 Å². The number of likely N-dealkylation sites (N-methyl/N-ethyl adjacent to an activating group) is 2. The molecule has 13 nitrogen and oxygen atoms in total. The third-order valence-electron chi connectivity index (χ3n) is 12.0. The van der Waals surface area contributed by atoms with Crippen LogP contribution in [-0.4, -0.2) is 127 Å². The van der Waals surface area contributed by atoms with Gasteiger partial charge in [0, 0.05) is 59.5 Å². The fourth-order valence-electron chi connectivity index (χ4n) is 8.50. The smallest absolute Gasteiger partial charge is 0.410 e. The number of benzene rings is 1. The van der Waals surface area contributed by atoms with Crippen molar-refractivity contribution in [3.63, 3.8) is 0 Å². The number of carboxylic acid groups (broad SMARTS) is 1. The van der Waals surface area contributed by atoms with Crippen molar-refractivity contribution in [3.8, 4) is 0 Å². The lowest BCUT2D eigenvalue weighted by molar-refractivity contribution is -0.149. The molecule has 322 valence electrons. The lowest BCUT2D eigenvalue weighted by atomic mass is 9.83. The van der Waals surface area contributed by atoms with E-state index in [9.17, 15) is 33.9 Å². The van der Waals surface area contributed by atoms with Crippen LogP contribution in [0.25, 0.3) is 0 Å². The summed E-state index contributed by atoms with van der Waals surface area (Å²) in [6.07, 6.45) is 0.0782. The predicted octanol–water partition coefficient (Wildman–Crippen LogP) is 6.15. The summed E-state index contributed by atoms with van der Waals surface area (Å²) >= 11 is 0. The number of carbonyl (C=O) groups excluding carboxylic acids is 5. The van der Waals surface area contributed by atoms with Gasteiger partial charge in [0.25, 0.3) is 0 Å². The summed E-state index contributed by atoms with van der Waals surface area (Å²) in [5.41, 5.74) is 0.837. The Balaban J connectivity index is 2.29. The predicted molar refractivity (Wildman–Crippen MR) is 218 cm³/mol. The van der Waals surface area contributed by atoms with Crippen molar-refractivity contribution in [1.82, 2.24) is 14.7 Å². The first-order valence-corrected chi connectivity index (χ1v) is 20.7. The zero-order chi connectivity index (χ0) is 43.1. The molecule has 3 amide bonds. The average molecular weight is 802 g/mol. The summed E-state index contributed by atoms with van der Waals surface area (Å²) in [6.45, 7) is 15.6. The third-order valence-corrected chi connectivity index (χ3v) is 12.0. The summed E-state index contributed by atoms with van der Waals surface area (Å²) in [5.74, 6) is -4.65. The SMILES string of the molecule is CCOC(=O)N(C)[C@H](C(=O)CC(C(=O)N(C)[C@@H]([C@@H](C)CC)[C@@H](CC(=O)N1CCC[C@H]1[C@H](OC)[C@@H](C)C(=O)C[C@@H](Cc1ccccc1)C(=O)O)OC)C(C)C)C(C)C. The highest BCUT2D eigenvalue weighted by Crippen LogP contribution is 2.32. The van der Waals surface area contributed by atoms with Crippen molar-refractivity contribution in [2.24, 2.45) is 35.5 Å². The quantitative estimate of drug-likeness (QED) is 0.128. The maximum Gasteiger partial charge on any atom is 0.410 e. The Morgan fingerprint density at radius 3 is 1.98 bits per heavy atom. The average Bonchev–Trinajstić information content (AvgIpc) is 3.66. The number of Topliss-reactive ketones (excluding diaryl/α,β-unsaturated/α-hetero) is 2. The zero-order valence-corrected chi connectivity index (χ0v) is 36.6. The summed E-state index contributed by atoms with van der Waals surface area (Å²) in [5, 5.41) is 9.96. The number of rotatable bonds is 24. The number of likely N-dealkylation sites (tertiary alicyclic amines) is 1. The van der Waals surface area contributed by atoms with Crippen molar-refractivity contribution in [1.29, 1.82) is 0 Å². The van der Waals surface area contributed by atoms with Crippen molar-refractivity contribution in [2.75, 3.05) is 41.5 Å². The maximum absolute atomic E-state index is 14.4. The van der Waals surface area contributed by atoms with E-state index < -0.39 is 60.1 Å². The molecule has 0 radical (unpaired) electrons. The van der Waals surface area contributed by atoms with Gasteiger partial charge in [0.1, 0.15) is 5.78 Å². The molecule has 1 N–H and O–H groups in total. The maximum atomic E-state index is 14.4. The van der Waals surface area contributed by atoms with E-state index in [2.05, 4.69) is 0 Å². The van der Waals surface area contributed by atoms with E-state index in [-0.39, 0.29) is 73.4 Å². The van der Waals surface area contributed by atoms with Crippen LogP contribution in [-0.2, 0) is 44.6 Å². The first-order valence-electron chi connectivity index (χ1n) is 20.7. The molecule has 0 aromatic heterocycles. The van der Waals surface area contributed by atoms with Gasteiger partial charge >= 0.3 is 12.1 Å². The molecule has 1 saturated heterocycles. The van der Waals surface area contributed by atoms with Gasteiger partial charge in [-0.15, -0.1) is 0 Å². The topological polar surface area (TPSA) is 160 Å². The van der Waals surface area contributed by atoms with Gasteiger partial charge in [0.05, 0.1) is 49.3 Å². The first-order chi connectivity index (χ1) is 26.9. The number of methoxy groups -OCH3 is 2. The van der Waals surface area contributed by atoms with Gasteiger partial charge in [-0.2, -0.15) is 0 Å². The standard InChI is InChI=1S/C44H71N3O10/c1-13-29(7)40(45(9)42(51)33(27(3)4)25-36(49)39(28(5)6)46(10)44(54)57-14-2)37(55-11)26-38(50)47-22-18-21-34(47)41(56-12)30(8)35(48)24-32(43(52)53)23-31-19-16-15-17-20-31/h15-17,19-20,27-30,32-34,37,39-41H,13-14,18,21-26H2,1-12H3,(H,52,53)/t29-,30-,32+,33?,34-,37+,39-,40-,41+/m0/s1. The number of hydrogen-bond acceptors (Lipinski definition) is 9. The molecule has 13 heteroatoms. The summed E-state index contributed by atoms with van der Waals surface area (Å²) in [6, 6.07) is 7.54. The van der Waals surface area contributed by atoms with Gasteiger partial charge in [0.15, 0.2) is 5.78 Å². The van der Waals surface area contributed by atoms with Gasteiger partial charge in [0.2, 0.25) is 11.8 Å². The number of aliphatic carboxylic acids is 1. The van der Waals surface area contributed by atoms with Gasteiger partial charge in [-0.1, -0.05) is 85.2 Å². The Morgan fingerprint density at radius 2 is 1.47 bits per heavy atom. The van der Waals surface area contributed by atoms with Crippen LogP contribution in [0.5, 0.6) is 0 Å². The molecule has 57 heavy (non-hydrogen) atoms. The van der Waals surface area contributed by atoms with E-state index in [4.69, 9.17) is 14.2 Å². The normalized spacial score (nSPS) is 18.6. The zero-order valence-electron chi connectivity index (χ0n) is 36.6. The lowest BCUT2D eigenvalue weighted by Gasteiger charge is -2.41. The molecule has 1 unspecified atom stereocenters. The molecule has 1 aromatic rings. The highest BCUT2D eigenvalue weighted by Gasteiger charge is 2.44. The Kier molecular flexibility index (Phi) is 20.4. The van der Waals surface area contributed by atoms with E-state index in [0.29, 0.717) is 25.8 Å². The second-order valence-corrected chi connectivity index (χ2v) is 16.5. The molecule has 1 aliphatic rings. The Labute approximate surface area is 341 Å². The molecule has 0 aliphatic carbocycles. The van der Waals surface area contributed by atoms with Crippen LogP contribution in [0.15, 0.2) is 30.3 Å². The minimum absolute atomic E-state index is 0.0262. The van der Waals surface area contributed by atoms with E-state index in [1.807, 2.05) is 71.9 Å². The van der Waals surface area contributed by atoms with Crippen LogP contribution in [0.4, 0.5) is 4.79 Å². The van der Waals surface area contributed by atoms with Gasteiger partial charge in [-0.25, -0.2) is 4.79 Å². The number of hydrogen-bond donors (Lipinski definition) is 1. The Morgan fingerprint density at radius 1 is 0.842 bits per heavy atom. The number of ketones is 2. The summed E-state index contributed by atoms with van der Waals surface area (Å²) < 4.78 is 17.1. The van der Waals surface area contributed by atoms with Gasteiger partial charge in [-0.05, 0) is 49.5 Å². The number of carbonyl (C=O) groups is 6. The highest BCUT2D eigenvalue weighted by molar-refractivity contribution is 5.92. The largest absolute Gasteiger partial charge is 0.481 e. The fraction of sp³-hybridized carbons (Fsp3) is 0.727. The van der Waals surface area contributed by atoms with Crippen LogP contribution in [0, 0.1) is 35.5 Å². The molecule has 9 atom stereocenters.